The van der Waals surface area contributed by atoms with Crippen molar-refractivity contribution in [3.8, 4) is 5.75 Å². The molecule has 2 aromatic rings. The molecule has 0 atom stereocenters. The molecule has 0 bridgehead atoms. The smallest absolute Gasteiger partial charge is 0.193 e. The van der Waals surface area contributed by atoms with E-state index in [0.717, 1.165) is 24.0 Å². The Balaban J connectivity index is 2.33. The fourth-order valence-electron chi connectivity index (χ4n) is 2.07. The number of phenolic OH excluding ortho intramolecular Hbond substituents is 1. The predicted molar refractivity (Wildman–Crippen MR) is 76.7 cm³/mol. The lowest BCUT2D eigenvalue weighted by molar-refractivity contribution is 0.103. The molecular weight excluding hydrogens is 236 g/mol. The molecule has 0 unspecified atom stereocenters. The number of hydrogen-bond acceptors (Lipinski definition) is 2. The van der Waals surface area contributed by atoms with Gasteiger partial charge in [-0.05, 0) is 37.1 Å². The predicted octanol–water partition coefficient (Wildman–Crippen LogP) is 3.88. The van der Waals surface area contributed by atoms with Gasteiger partial charge in [0.1, 0.15) is 5.75 Å². The highest BCUT2D eigenvalue weighted by atomic mass is 16.3. The first-order valence-electron chi connectivity index (χ1n) is 6.55. The molecule has 19 heavy (non-hydrogen) atoms. The maximum absolute atomic E-state index is 12.3. The maximum Gasteiger partial charge on any atom is 0.193 e. The number of aryl methyl sites for hydroxylation is 2. The van der Waals surface area contributed by atoms with E-state index in [9.17, 15) is 9.90 Å². The van der Waals surface area contributed by atoms with Gasteiger partial charge in [-0.3, -0.25) is 4.79 Å². The van der Waals surface area contributed by atoms with Gasteiger partial charge in [0.05, 0.1) is 0 Å². The Labute approximate surface area is 113 Å². The van der Waals surface area contributed by atoms with Gasteiger partial charge in [0, 0.05) is 11.1 Å². The van der Waals surface area contributed by atoms with E-state index >= 15 is 0 Å². The third kappa shape index (κ3) is 3.02. The first-order valence-corrected chi connectivity index (χ1v) is 6.55. The highest BCUT2D eigenvalue weighted by Gasteiger charge is 2.11. The first kappa shape index (κ1) is 13.3. The van der Waals surface area contributed by atoms with Crippen molar-refractivity contribution in [2.45, 2.75) is 26.7 Å². The lowest BCUT2D eigenvalue weighted by atomic mass is 9.98. The molecule has 0 aliphatic carbocycles. The molecule has 0 amide bonds. The Hall–Kier alpha value is -2.09. The number of ketones is 1. The van der Waals surface area contributed by atoms with Crippen LogP contribution in [0.5, 0.6) is 5.75 Å². The van der Waals surface area contributed by atoms with Crippen LogP contribution in [0.2, 0.25) is 0 Å². The van der Waals surface area contributed by atoms with Crippen LogP contribution in [-0.4, -0.2) is 10.9 Å². The second-order valence-corrected chi connectivity index (χ2v) is 4.79. The van der Waals surface area contributed by atoms with Crippen molar-refractivity contribution in [3.05, 3.63) is 64.7 Å². The molecule has 98 valence electrons. The minimum atomic E-state index is -0.00245. The summed E-state index contributed by atoms with van der Waals surface area (Å²) >= 11 is 0. The minimum Gasteiger partial charge on any atom is -0.508 e. The fourth-order valence-corrected chi connectivity index (χ4v) is 2.07. The average Bonchev–Trinajstić information content (AvgIpc) is 2.41. The van der Waals surface area contributed by atoms with E-state index in [-0.39, 0.29) is 11.5 Å². The number of carbonyl (C=O) groups excluding carboxylic acids is 1. The molecule has 1 N–H and O–H groups in total. The standard InChI is InChI=1S/C17H18O2/c1-3-4-14-11-15(9-10-16(14)18)17(19)13-7-5-12(2)6-8-13/h5-11,18H,3-4H2,1-2H3. The van der Waals surface area contributed by atoms with Gasteiger partial charge in [-0.25, -0.2) is 0 Å². The maximum atomic E-state index is 12.3. The normalized spacial score (nSPS) is 10.4. The van der Waals surface area contributed by atoms with Gasteiger partial charge < -0.3 is 5.11 Å². The lowest BCUT2D eigenvalue weighted by Crippen LogP contribution is -2.02. The van der Waals surface area contributed by atoms with Crippen molar-refractivity contribution >= 4 is 5.78 Å². The van der Waals surface area contributed by atoms with E-state index < -0.39 is 0 Å². The van der Waals surface area contributed by atoms with Crippen LogP contribution < -0.4 is 0 Å². The summed E-state index contributed by atoms with van der Waals surface area (Å²) < 4.78 is 0. The van der Waals surface area contributed by atoms with Crippen LogP contribution in [0.3, 0.4) is 0 Å². The van der Waals surface area contributed by atoms with Crippen LogP contribution in [0.1, 0.15) is 40.4 Å². The van der Waals surface area contributed by atoms with Crippen molar-refractivity contribution in [2.24, 2.45) is 0 Å². The molecule has 2 heteroatoms. The lowest BCUT2D eigenvalue weighted by Gasteiger charge is -2.07. The summed E-state index contributed by atoms with van der Waals surface area (Å²) in [5.74, 6) is 0.264. The number of hydrogen-bond donors (Lipinski definition) is 1. The zero-order chi connectivity index (χ0) is 13.8. The average molecular weight is 254 g/mol. The van der Waals surface area contributed by atoms with Crippen molar-refractivity contribution in [2.75, 3.05) is 0 Å². The van der Waals surface area contributed by atoms with E-state index in [0.29, 0.717) is 11.1 Å². The van der Waals surface area contributed by atoms with Crippen LogP contribution in [-0.2, 0) is 6.42 Å². The Morgan fingerprint density at radius 3 is 2.32 bits per heavy atom. The Morgan fingerprint density at radius 1 is 1.05 bits per heavy atom. The Kier molecular flexibility index (Phi) is 4.00. The van der Waals surface area contributed by atoms with E-state index in [1.54, 1.807) is 18.2 Å². The molecule has 0 heterocycles. The van der Waals surface area contributed by atoms with Crippen LogP contribution >= 0.6 is 0 Å². The van der Waals surface area contributed by atoms with Gasteiger partial charge >= 0.3 is 0 Å². The zero-order valence-corrected chi connectivity index (χ0v) is 11.3. The quantitative estimate of drug-likeness (QED) is 0.841. The van der Waals surface area contributed by atoms with Crippen LogP contribution in [0, 0.1) is 6.92 Å². The number of carbonyl (C=O) groups is 1. The molecule has 0 aromatic heterocycles. The van der Waals surface area contributed by atoms with Gasteiger partial charge in [-0.15, -0.1) is 0 Å². The topological polar surface area (TPSA) is 37.3 Å². The third-order valence-corrected chi connectivity index (χ3v) is 3.17. The van der Waals surface area contributed by atoms with Crippen LogP contribution in [0.25, 0.3) is 0 Å². The van der Waals surface area contributed by atoms with Crippen LogP contribution in [0.4, 0.5) is 0 Å². The number of phenols is 1. The molecule has 0 radical (unpaired) electrons. The van der Waals surface area contributed by atoms with E-state index in [2.05, 4.69) is 0 Å². The fraction of sp³-hybridized carbons (Fsp3) is 0.235. The number of aromatic hydroxyl groups is 1. The van der Waals surface area contributed by atoms with Crippen molar-refractivity contribution in [1.82, 2.24) is 0 Å². The first-order chi connectivity index (χ1) is 9.11. The minimum absolute atomic E-state index is 0.00245. The third-order valence-electron chi connectivity index (χ3n) is 3.17. The number of rotatable bonds is 4. The summed E-state index contributed by atoms with van der Waals surface area (Å²) in [6.07, 6.45) is 1.72. The summed E-state index contributed by atoms with van der Waals surface area (Å²) in [5.41, 5.74) is 3.28. The summed E-state index contributed by atoms with van der Waals surface area (Å²) in [6.45, 7) is 4.04. The number of benzene rings is 2. The van der Waals surface area contributed by atoms with E-state index in [1.807, 2.05) is 38.1 Å². The van der Waals surface area contributed by atoms with Crippen molar-refractivity contribution < 1.29 is 9.90 Å². The highest BCUT2D eigenvalue weighted by Crippen LogP contribution is 2.22. The summed E-state index contributed by atoms with van der Waals surface area (Å²) in [5, 5.41) is 9.74. The molecule has 2 nitrogen and oxygen atoms in total. The summed E-state index contributed by atoms with van der Waals surface area (Å²) in [7, 11) is 0. The molecule has 0 saturated carbocycles. The molecular formula is C17H18O2. The second-order valence-electron chi connectivity index (χ2n) is 4.79. The zero-order valence-electron chi connectivity index (χ0n) is 11.3. The van der Waals surface area contributed by atoms with Crippen molar-refractivity contribution in [1.29, 1.82) is 0 Å². The molecule has 0 aliphatic rings. The monoisotopic (exact) mass is 254 g/mol. The molecule has 0 saturated heterocycles. The van der Waals surface area contributed by atoms with Gasteiger partial charge in [0.15, 0.2) is 5.78 Å². The Bertz CT molecular complexity index is 583. The molecule has 2 aromatic carbocycles. The SMILES string of the molecule is CCCc1cc(C(=O)c2ccc(C)cc2)ccc1O. The van der Waals surface area contributed by atoms with Gasteiger partial charge in [-0.1, -0.05) is 43.2 Å². The van der Waals surface area contributed by atoms with E-state index in [1.165, 1.54) is 0 Å². The summed E-state index contributed by atoms with van der Waals surface area (Å²) in [6, 6.07) is 12.6. The van der Waals surface area contributed by atoms with Gasteiger partial charge in [-0.2, -0.15) is 0 Å². The molecule has 0 spiro atoms. The highest BCUT2D eigenvalue weighted by molar-refractivity contribution is 6.09. The molecule has 0 fully saturated rings. The van der Waals surface area contributed by atoms with Crippen LogP contribution in [0.15, 0.2) is 42.5 Å². The molecule has 0 aliphatic heterocycles. The van der Waals surface area contributed by atoms with E-state index in [4.69, 9.17) is 0 Å². The second kappa shape index (κ2) is 5.70. The Morgan fingerprint density at radius 2 is 1.68 bits per heavy atom. The summed E-state index contributed by atoms with van der Waals surface area (Å²) in [4.78, 5) is 12.3. The van der Waals surface area contributed by atoms with Gasteiger partial charge in [0.25, 0.3) is 0 Å². The van der Waals surface area contributed by atoms with Gasteiger partial charge in [0.2, 0.25) is 0 Å². The van der Waals surface area contributed by atoms with Crippen molar-refractivity contribution in [3.63, 3.8) is 0 Å². The largest absolute Gasteiger partial charge is 0.508 e. The molecule has 2 rings (SSSR count).